The summed E-state index contributed by atoms with van der Waals surface area (Å²) in [5.74, 6) is -0.410. The van der Waals surface area contributed by atoms with E-state index in [0.29, 0.717) is 6.04 Å². The van der Waals surface area contributed by atoms with Crippen LogP contribution in [0.25, 0.3) is 0 Å². The van der Waals surface area contributed by atoms with Gasteiger partial charge in [-0.2, -0.15) is 0 Å². The van der Waals surface area contributed by atoms with Gasteiger partial charge in [0.1, 0.15) is 6.54 Å². The molecule has 0 atom stereocenters. The largest absolute Gasteiger partial charge is 0.368 e. The van der Waals surface area contributed by atoms with Crippen LogP contribution in [0.5, 0.6) is 0 Å². The van der Waals surface area contributed by atoms with Gasteiger partial charge >= 0.3 is 0 Å². The maximum absolute atomic E-state index is 10.6. The molecule has 0 aliphatic heterocycles. The maximum Gasteiger partial charge on any atom is 0.239 e. The van der Waals surface area contributed by atoms with Crippen LogP contribution in [-0.2, 0) is 17.8 Å². The zero-order valence-corrected chi connectivity index (χ0v) is 9.10. The lowest BCUT2D eigenvalue weighted by atomic mass is 10.3. The van der Waals surface area contributed by atoms with Crippen LogP contribution >= 0.6 is 0 Å². The van der Waals surface area contributed by atoms with Crippen molar-refractivity contribution in [1.29, 1.82) is 0 Å². The van der Waals surface area contributed by atoms with Crippen molar-refractivity contribution in [3.05, 3.63) is 11.9 Å². The monoisotopic (exact) mass is 211 g/mol. The minimum atomic E-state index is -0.410. The molecule has 3 N–H and O–H groups in total. The number of nitrogens with one attached hydrogen (secondary N) is 1. The quantitative estimate of drug-likeness (QED) is 0.651. The van der Waals surface area contributed by atoms with E-state index in [9.17, 15) is 4.79 Å². The molecule has 1 rings (SSSR count). The molecular formula is C9H17N5O. The smallest absolute Gasteiger partial charge is 0.239 e. The molecule has 0 saturated carbocycles. The van der Waals surface area contributed by atoms with Gasteiger partial charge in [0.15, 0.2) is 0 Å². The first-order valence-electron chi connectivity index (χ1n) is 4.98. The Morgan fingerprint density at radius 2 is 2.40 bits per heavy atom. The third kappa shape index (κ3) is 4.55. The van der Waals surface area contributed by atoms with Crippen molar-refractivity contribution in [2.45, 2.75) is 32.9 Å². The molecule has 1 heterocycles. The van der Waals surface area contributed by atoms with Gasteiger partial charge in [0, 0.05) is 25.2 Å². The van der Waals surface area contributed by atoms with Crippen LogP contribution in [0.2, 0.25) is 0 Å². The molecule has 0 aliphatic rings. The van der Waals surface area contributed by atoms with Gasteiger partial charge < -0.3 is 11.1 Å². The van der Waals surface area contributed by atoms with E-state index in [1.54, 1.807) is 6.20 Å². The van der Waals surface area contributed by atoms with E-state index in [1.807, 2.05) is 0 Å². The molecular weight excluding hydrogens is 194 g/mol. The zero-order valence-electron chi connectivity index (χ0n) is 9.10. The predicted molar refractivity (Wildman–Crippen MR) is 56.1 cm³/mol. The average Bonchev–Trinajstić information content (AvgIpc) is 2.50. The normalized spacial score (nSPS) is 10.9. The Labute approximate surface area is 88.8 Å². The summed E-state index contributed by atoms with van der Waals surface area (Å²) < 4.78 is 1.45. The fraction of sp³-hybridized carbons (Fsp3) is 0.667. The third-order valence-electron chi connectivity index (χ3n) is 1.84. The fourth-order valence-corrected chi connectivity index (χ4v) is 1.18. The summed E-state index contributed by atoms with van der Waals surface area (Å²) in [6.07, 6.45) is 2.55. The van der Waals surface area contributed by atoms with Gasteiger partial charge in [-0.1, -0.05) is 19.1 Å². The second-order valence-corrected chi connectivity index (χ2v) is 3.73. The second kappa shape index (κ2) is 5.45. The number of carbonyl (C=O) groups excluding carboxylic acids is 1. The summed E-state index contributed by atoms with van der Waals surface area (Å²) in [6.45, 7) is 5.12. The second-order valence-electron chi connectivity index (χ2n) is 3.73. The lowest BCUT2D eigenvalue weighted by Gasteiger charge is -2.05. The summed E-state index contributed by atoms with van der Waals surface area (Å²) in [5.41, 5.74) is 5.90. The highest BCUT2D eigenvalue weighted by molar-refractivity contribution is 5.73. The van der Waals surface area contributed by atoms with Crippen LogP contribution in [0, 0.1) is 0 Å². The number of hydrogen-bond acceptors (Lipinski definition) is 4. The average molecular weight is 211 g/mol. The highest BCUT2D eigenvalue weighted by Crippen LogP contribution is 1.93. The Bertz CT molecular complexity index is 320. The van der Waals surface area contributed by atoms with Gasteiger partial charge in [-0.15, -0.1) is 5.10 Å². The van der Waals surface area contributed by atoms with Crippen LogP contribution in [0.15, 0.2) is 6.20 Å². The zero-order chi connectivity index (χ0) is 11.3. The summed E-state index contributed by atoms with van der Waals surface area (Å²) in [7, 11) is 0. The van der Waals surface area contributed by atoms with Gasteiger partial charge in [-0.05, 0) is 0 Å². The van der Waals surface area contributed by atoms with Crippen molar-refractivity contribution >= 4 is 5.91 Å². The molecule has 0 unspecified atom stereocenters. The molecule has 0 bridgehead atoms. The summed E-state index contributed by atoms with van der Waals surface area (Å²) in [4.78, 5) is 10.6. The van der Waals surface area contributed by atoms with Gasteiger partial charge in [0.05, 0.1) is 5.69 Å². The van der Waals surface area contributed by atoms with Gasteiger partial charge in [0.25, 0.3) is 0 Å². The lowest BCUT2D eigenvalue weighted by molar-refractivity contribution is -0.118. The minimum Gasteiger partial charge on any atom is -0.368 e. The molecule has 6 heteroatoms. The summed E-state index contributed by atoms with van der Waals surface area (Å²) >= 11 is 0. The SMILES string of the molecule is CC(C)NCCc1cn(CC(N)=O)nn1. The molecule has 0 fully saturated rings. The Morgan fingerprint density at radius 3 is 3.00 bits per heavy atom. The predicted octanol–water partition coefficient (Wildman–Crippen LogP) is -0.696. The Kier molecular flexibility index (Phi) is 4.23. The first-order chi connectivity index (χ1) is 7.08. The van der Waals surface area contributed by atoms with E-state index in [-0.39, 0.29) is 6.54 Å². The number of nitrogens with two attached hydrogens (primary N) is 1. The van der Waals surface area contributed by atoms with Gasteiger partial charge in [0.2, 0.25) is 5.91 Å². The first kappa shape index (κ1) is 11.6. The molecule has 1 aromatic heterocycles. The Balaban J connectivity index is 2.36. The molecule has 1 amide bonds. The van der Waals surface area contributed by atoms with Crippen LogP contribution in [-0.4, -0.2) is 33.5 Å². The van der Waals surface area contributed by atoms with Crippen LogP contribution in [0.4, 0.5) is 0 Å². The number of hydrogen-bond donors (Lipinski definition) is 2. The minimum absolute atomic E-state index is 0.0879. The van der Waals surface area contributed by atoms with E-state index >= 15 is 0 Å². The topological polar surface area (TPSA) is 85.8 Å². The van der Waals surface area contributed by atoms with Crippen molar-refractivity contribution in [3.8, 4) is 0 Å². The molecule has 84 valence electrons. The molecule has 15 heavy (non-hydrogen) atoms. The van der Waals surface area contributed by atoms with E-state index in [4.69, 9.17) is 5.73 Å². The van der Waals surface area contributed by atoms with E-state index in [0.717, 1.165) is 18.7 Å². The Morgan fingerprint density at radius 1 is 1.67 bits per heavy atom. The molecule has 0 aliphatic carbocycles. The van der Waals surface area contributed by atoms with E-state index in [1.165, 1.54) is 4.68 Å². The number of amides is 1. The summed E-state index contributed by atoms with van der Waals surface area (Å²) in [5, 5.41) is 11.0. The first-order valence-corrected chi connectivity index (χ1v) is 4.98. The number of primary amides is 1. The number of nitrogens with zero attached hydrogens (tertiary/aromatic N) is 3. The molecule has 0 radical (unpaired) electrons. The van der Waals surface area contributed by atoms with Crippen molar-refractivity contribution in [2.24, 2.45) is 5.73 Å². The highest BCUT2D eigenvalue weighted by atomic mass is 16.1. The van der Waals surface area contributed by atoms with Crippen LogP contribution in [0.3, 0.4) is 0 Å². The standard InChI is InChI=1S/C9H17N5O/c1-7(2)11-4-3-8-5-14(13-12-8)6-9(10)15/h5,7,11H,3-4,6H2,1-2H3,(H2,10,15). The molecule has 6 nitrogen and oxygen atoms in total. The van der Waals surface area contributed by atoms with E-state index < -0.39 is 5.91 Å². The highest BCUT2D eigenvalue weighted by Gasteiger charge is 2.02. The Hall–Kier alpha value is -1.43. The van der Waals surface area contributed by atoms with Gasteiger partial charge in [-0.25, -0.2) is 4.68 Å². The molecule has 0 spiro atoms. The maximum atomic E-state index is 10.6. The van der Waals surface area contributed by atoms with Crippen LogP contribution in [0.1, 0.15) is 19.5 Å². The number of rotatable bonds is 6. The van der Waals surface area contributed by atoms with Crippen molar-refractivity contribution in [2.75, 3.05) is 6.54 Å². The third-order valence-corrected chi connectivity index (χ3v) is 1.84. The molecule has 0 aromatic carbocycles. The van der Waals surface area contributed by atoms with Crippen molar-refractivity contribution < 1.29 is 4.79 Å². The summed E-state index contributed by atoms with van der Waals surface area (Å²) in [6, 6.07) is 0.464. The van der Waals surface area contributed by atoms with Crippen LogP contribution < -0.4 is 11.1 Å². The lowest BCUT2D eigenvalue weighted by Crippen LogP contribution is -2.25. The number of aromatic nitrogens is 3. The number of carbonyl (C=O) groups is 1. The van der Waals surface area contributed by atoms with Crippen molar-refractivity contribution in [3.63, 3.8) is 0 Å². The fourth-order valence-electron chi connectivity index (χ4n) is 1.18. The molecule has 1 aromatic rings. The van der Waals surface area contributed by atoms with Gasteiger partial charge in [-0.3, -0.25) is 4.79 Å². The molecule has 0 saturated heterocycles. The van der Waals surface area contributed by atoms with E-state index in [2.05, 4.69) is 29.5 Å². The van der Waals surface area contributed by atoms with Crippen molar-refractivity contribution in [1.82, 2.24) is 20.3 Å².